The van der Waals surface area contributed by atoms with Gasteiger partial charge in [-0.2, -0.15) is 0 Å². The fourth-order valence-electron chi connectivity index (χ4n) is 3.06. The van der Waals surface area contributed by atoms with E-state index in [-0.39, 0.29) is 12.6 Å². The number of carbonyl (C=O) groups excluding carboxylic acids is 1. The molecule has 1 aromatic rings. The Morgan fingerprint density at radius 3 is 2.45 bits per heavy atom. The topological polar surface area (TPSA) is 64.6 Å². The Balaban J connectivity index is 1.91. The average molecular weight is 305 g/mol. The van der Waals surface area contributed by atoms with Crippen molar-refractivity contribution in [3.8, 4) is 0 Å². The highest BCUT2D eigenvalue weighted by atomic mass is 16.3. The number of nitrogens with zero attached hydrogens (tertiary/aromatic N) is 1. The monoisotopic (exact) mass is 305 g/mol. The number of amides is 2. The predicted octanol–water partition coefficient (Wildman–Crippen LogP) is 1.85. The molecule has 1 aliphatic carbocycles. The third kappa shape index (κ3) is 4.45. The Morgan fingerprint density at radius 1 is 1.23 bits per heavy atom. The van der Waals surface area contributed by atoms with Crippen molar-refractivity contribution in [2.24, 2.45) is 0 Å². The minimum absolute atomic E-state index is 0.0115. The molecule has 1 aliphatic rings. The van der Waals surface area contributed by atoms with Gasteiger partial charge in [0.15, 0.2) is 0 Å². The van der Waals surface area contributed by atoms with Crippen LogP contribution in [-0.4, -0.2) is 42.3 Å². The van der Waals surface area contributed by atoms with E-state index in [1.54, 1.807) is 0 Å². The largest absolute Gasteiger partial charge is 0.394 e. The summed E-state index contributed by atoms with van der Waals surface area (Å²) in [6, 6.07) is 7.93. The predicted molar refractivity (Wildman–Crippen MR) is 87.5 cm³/mol. The summed E-state index contributed by atoms with van der Waals surface area (Å²) in [5.41, 5.74) is 1.91. The zero-order valence-electron chi connectivity index (χ0n) is 13.6. The summed E-state index contributed by atoms with van der Waals surface area (Å²) in [6.07, 6.45) is 3.83. The summed E-state index contributed by atoms with van der Waals surface area (Å²) in [6.45, 7) is 1.36. The van der Waals surface area contributed by atoms with Crippen LogP contribution >= 0.6 is 0 Å². The van der Waals surface area contributed by atoms with Crippen LogP contribution in [0.3, 0.4) is 0 Å². The van der Waals surface area contributed by atoms with E-state index >= 15 is 0 Å². The first kappa shape index (κ1) is 16.8. The quantitative estimate of drug-likeness (QED) is 0.751. The number of rotatable bonds is 6. The molecular formula is C17H27N3O2. The average Bonchev–Trinajstić information content (AvgIpc) is 2.95. The smallest absolute Gasteiger partial charge is 0.315 e. The van der Waals surface area contributed by atoms with Gasteiger partial charge in [-0.05, 0) is 38.1 Å². The summed E-state index contributed by atoms with van der Waals surface area (Å²) >= 11 is 0. The molecule has 0 radical (unpaired) electrons. The van der Waals surface area contributed by atoms with E-state index in [4.69, 9.17) is 0 Å². The van der Waals surface area contributed by atoms with Gasteiger partial charge in [0.1, 0.15) is 0 Å². The number of aliphatic hydroxyl groups excluding tert-OH is 1. The number of aliphatic hydroxyl groups is 1. The molecular weight excluding hydrogens is 278 g/mol. The first-order chi connectivity index (χ1) is 10.5. The van der Waals surface area contributed by atoms with Crippen molar-refractivity contribution in [2.75, 3.05) is 20.7 Å². The Kier molecular flexibility index (Phi) is 5.80. The van der Waals surface area contributed by atoms with Gasteiger partial charge in [0.05, 0.1) is 12.1 Å². The molecule has 0 heterocycles. The van der Waals surface area contributed by atoms with Gasteiger partial charge in [-0.15, -0.1) is 0 Å². The van der Waals surface area contributed by atoms with Crippen LogP contribution in [-0.2, 0) is 13.1 Å². The maximum Gasteiger partial charge on any atom is 0.315 e. The van der Waals surface area contributed by atoms with E-state index in [9.17, 15) is 9.90 Å². The lowest BCUT2D eigenvalue weighted by atomic mass is 9.99. The SMILES string of the molecule is CN(C)Cc1ccccc1CNC(=O)NC1(CO)CCCC1. The molecule has 5 nitrogen and oxygen atoms in total. The van der Waals surface area contributed by atoms with E-state index in [0.717, 1.165) is 37.8 Å². The molecule has 2 amide bonds. The van der Waals surface area contributed by atoms with Crippen molar-refractivity contribution in [1.29, 1.82) is 0 Å². The van der Waals surface area contributed by atoms with Crippen LogP contribution in [0.2, 0.25) is 0 Å². The maximum absolute atomic E-state index is 12.1. The zero-order chi connectivity index (χ0) is 16.0. The fraction of sp³-hybridized carbons (Fsp3) is 0.588. The third-order valence-corrected chi connectivity index (χ3v) is 4.29. The number of carbonyl (C=O) groups is 1. The van der Waals surface area contributed by atoms with Crippen LogP contribution in [0.25, 0.3) is 0 Å². The lowest BCUT2D eigenvalue weighted by molar-refractivity contribution is 0.162. The summed E-state index contributed by atoms with van der Waals surface area (Å²) in [7, 11) is 4.06. The lowest BCUT2D eigenvalue weighted by Gasteiger charge is -2.28. The molecule has 0 aromatic heterocycles. The summed E-state index contributed by atoms with van der Waals surface area (Å²) in [5.74, 6) is 0. The molecule has 5 heteroatoms. The molecule has 3 N–H and O–H groups in total. The maximum atomic E-state index is 12.1. The Labute approximate surface area is 132 Å². The van der Waals surface area contributed by atoms with Crippen LogP contribution in [0, 0.1) is 0 Å². The van der Waals surface area contributed by atoms with Crippen LogP contribution in [0.15, 0.2) is 24.3 Å². The van der Waals surface area contributed by atoms with E-state index in [0.29, 0.717) is 6.54 Å². The molecule has 0 aliphatic heterocycles. The lowest BCUT2D eigenvalue weighted by Crippen LogP contribution is -2.52. The van der Waals surface area contributed by atoms with Crippen LogP contribution in [0.1, 0.15) is 36.8 Å². The van der Waals surface area contributed by atoms with Crippen molar-refractivity contribution in [2.45, 2.75) is 44.3 Å². The molecule has 0 spiro atoms. The van der Waals surface area contributed by atoms with Gasteiger partial charge in [-0.3, -0.25) is 0 Å². The van der Waals surface area contributed by atoms with Crippen LogP contribution in [0.5, 0.6) is 0 Å². The minimum Gasteiger partial charge on any atom is -0.394 e. The molecule has 0 atom stereocenters. The molecule has 0 unspecified atom stereocenters. The number of nitrogens with one attached hydrogen (secondary N) is 2. The van der Waals surface area contributed by atoms with Gasteiger partial charge in [0.25, 0.3) is 0 Å². The molecule has 22 heavy (non-hydrogen) atoms. The fourth-order valence-corrected chi connectivity index (χ4v) is 3.06. The van der Waals surface area contributed by atoms with Crippen LogP contribution in [0.4, 0.5) is 4.79 Å². The number of urea groups is 1. The summed E-state index contributed by atoms with van der Waals surface area (Å²) in [4.78, 5) is 14.2. The highest BCUT2D eigenvalue weighted by Crippen LogP contribution is 2.28. The molecule has 122 valence electrons. The standard InChI is InChI=1S/C17H27N3O2/c1-20(2)12-15-8-4-3-7-14(15)11-18-16(22)19-17(13-21)9-5-6-10-17/h3-4,7-8,21H,5-6,9-13H2,1-2H3,(H2,18,19,22). The molecule has 1 fully saturated rings. The summed E-state index contributed by atoms with van der Waals surface area (Å²) < 4.78 is 0. The van der Waals surface area contributed by atoms with Crippen LogP contribution < -0.4 is 10.6 Å². The van der Waals surface area contributed by atoms with E-state index < -0.39 is 5.54 Å². The minimum atomic E-state index is -0.423. The van der Waals surface area contributed by atoms with Gasteiger partial charge in [0, 0.05) is 13.1 Å². The van der Waals surface area contributed by atoms with Crippen molar-refractivity contribution in [3.63, 3.8) is 0 Å². The van der Waals surface area contributed by atoms with Gasteiger partial charge >= 0.3 is 6.03 Å². The second-order valence-electron chi connectivity index (χ2n) is 6.46. The molecule has 2 rings (SSSR count). The normalized spacial score (nSPS) is 16.7. The number of benzene rings is 1. The Hall–Kier alpha value is -1.59. The van der Waals surface area contributed by atoms with E-state index in [2.05, 4.69) is 21.6 Å². The molecule has 0 saturated heterocycles. The van der Waals surface area contributed by atoms with Crippen molar-refractivity contribution in [3.05, 3.63) is 35.4 Å². The first-order valence-corrected chi connectivity index (χ1v) is 7.93. The van der Waals surface area contributed by atoms with Gasteiger partial charge in [0.2, 0.25) is 0 Å². The number of hydrogen-bond acceptors (Lipinski definition) is 3. The second kappa shape index (κ2) is 7.61. The van der Waals surface area contributed by atoms with Crippen molar-refractivity contribution >= 4 is 6.03 Å². The highest BCUT2D eigenvalue weighted by molar-refractivity contribution is 5.75. The highest BCUT2D eigenvalue weighted by Gasteiger charge is 2.34. The van der Waals surface area contributed by atoms with Crippen molar-refractivity contribution in [1.82, 2.24) is 15.5 Å². The molecule has 1 aromatic carbocycles. The zero-order valence-corrected chi connectivity index (χ0v) is 13.6. The number of hydrogen-bond donors (Lipinski definition) is 3. The molecule has 1 saturated carbocycles. The summed E-state index contributed by atoms with van der Waals surface area (Å²) in [5, 5.41) is 15.4. The Bertz CT molecular complexity index is 496. The van der Waals surface area contributed by atoms with E-state index in [1.165, 1.54) is 5.56 Å². The molecule has 0 bridgehead atoms. The van der Waals surface area contributed by atoms with Gasteiger partial charge in [-0.1, -0.05) is 37.1 Å². The van der Waals surface area contributed by atoms with Crippen molar-refractivity contribution < 1.29 is 9.90 Å². The second-order valence-corrected chi connectivity index (χ2v) is 6.46. The Morgan fingerprint density at radius 2 is 1.86 bits per heavy atom. The van der Waals surface area contributed by atoms with E-state index in [1.807, 2.05) is 32.3 Å². The van der Waals surface area contributed by atoms with Gasteiger partial charge in [-0.25, -0.2) is 4.79 Å². The first-order valence-electron chi connectivity index (χ1n) is 7.93. The third-order valence-electron chi connectivity index (χ3n) is 4.29. The van der Waals surface area contributed by atoms with Gasteiger partial charge < -0.3 is 20.6 Å².